The first kappa shape index (κ1) is 24.0. The summed E-state index contributed by atoms with van der Waals surface area (Å²) in [7, 11) is 0. The number of aliphatic carboxylic acids is 1. The number of carboxylic acids is 1. The van der Waals surface area contributed by atoms with Crippen molar-refractivity contribution < 1.29 is 19.5 Å². The Hall–Kier alpha value is -4.72. The van der Waals surface area contributed by atoms with E-state index in [9.17, 15) is 4.79 Å². The molecule has 0 radical (unpaired) electrons. The molecule has 5 rings (SSSR count). The van der Waals surface area contributed by atoms with Gasteiger partial charge in [-0.15, -0.1) is 0 Å². The minimum atomic E-state index is -1.15. The maximum atomic E-state index is 10.6. The average molecular weight is 495 g/mol. The molecule has 8 nitrogen and oxygen atoms in total. The van der Waals surface area contributed by atoms with Gasteiger partial charge in [-0.25, -0.2) is 9.78 Å². The minimum Gasteiger partial charge on any atom is -0.487 e. The van der Waals surface area contributed by atoms with Crippen LogP contribution in [0.25, 0.3) is 21.8 Å². The zero-order valence-corrected chi connectivity index (χ0v) is 20.4. The standard InChI is InChI=1S/C29H26N4O4/c1-20-25(12-14-37-31-17-29(34)35)26-15-24(10-11-28(26)33(20)18-21-5-4-13-30-16-21)36-19-23-9-8-22-6-2-3-7-27(22)32-23/h2-11,13,15-17H,12,14,18-19H2,1H3,(H,34,35). The molecule has 0 bridgehead atoms. The Morgan fingerprint density at radius 2 is 2.00 bits per heavy atom. The molecule has 37 heavy (non-hydrogen) atoms. The summed E-state index contributed by atoms with van der Waals surface area (Å²) in [5.41, 5.74) is 6.15. The van der Waals surface area contributed by atoms with Crippen LogP contribution in [-0.4, -0.2) is 38.4 Å². The summed E-state index contributed by atoms with van der Waals surface area (Å²) in [6.07, 6.45) is 4.93. The zero-order valence-electron chi connectivity index (χ0n) is 20.4. The number of carbonyl (C=O) groups is 1. The first-order valence-electron chi connectivity index (χ1n) is 11.9. The first-order valence-corrected chi connectivity index (χ1v) is 11.9. The number of fused-ring (bicyclic) bond motifs is 2. The molecule has 8 heteroatoms. The monoisotopic (exact) mass is 494 g/mol. The predicted molar refractivity (Wildman–Crippen MR) is 142 cm³/mol. The van der Waals surface area contributed by atoms with E-state index in [0.717, 1.165) is 56.3 Å². The van der Waals surface area contributed by atoms with Gasteiger partial charge in [-0.2, -0.15) is 0 Å². The van der Waals surface area contributed by atoms with Crippen LogP contribution in [0.3, 0.4) is 0 Å². The van der Waals surface area contributed by atoms with Crippen molar-refractivity contribution in [1.82, 2.24) is 14.5 Å². The predicted octanol–water partition coefficient (Wildman–Crippen LogP) is 5.15. The lowest BCUT2D eigenvalue weighted by molar-refractivity contribution is -0.129. The van der Waals surface area contributed by atoms with Gasteiger partial charge < -0.3 is 19.2 Å². The molecule has 1 N–H and O–H groups in total. The number of carboxylic acid groups (broad SMARTS) is 1. The summed E-state index contributed by atoms with van der Waals surface area (Å²) in [5, 5.41) is 14.4. The highest BCUT2D eigenvalue weighted by atomic mass is 16.6. The van der Waals surface area contributed by atoms with Crippen LogP contribution in [0.1, 0.15) is 22.5 Å². The van der Waals surface area contributed by atoms with E-state index >= 15 is 0 Å². The number of benzene rings is 2. The van der Waals surface area contributed by atoms with Crippen molar-refractivity contribution in [1.29, 1.82) is 0 Å². The smallest absolute Gasteiger partial charge is 0.350 e. The third-order valence-electron chi connectivity index (χ3n) is 6.21. The maximum Gasteiger partial charge on any atom is 0.350 e. The summed E-state index contributed by atoms with van der Waals surface area (Å²) in [6, 6.07) is 22.1. The summed E-state index contributed by atoms with van der Waals surface area (Å²) in [5.74, 6) is -0.404. The van der Waals surface area contributed by atoms with Crippen molar-refractivity contribution in [2.24, 2.45) is 5.16 Å². The highest BCUT2D eigenvalue weighted by Gasteiger charge is 2.16. The second-order valence-corrected chi connectivity index (χ2v) is 8.63. The molecule has 0 spiro atoms. The lowest BCUT2D eigenvalue weighted by Gasteiger charge is -2.10. The first-order chi connectivity index (χ1) is 18.1. The number of rotatable bonds is 10. The van der Waals surface area contributed by atoms with Gasteiger partial charge in [-0.3, -0.25) is 4.98 Å². The number of hydrogen-bond donors (Lipinski definition) is 1. The molecular weight excluding hydrogens is 468 g/mol. The molecule has 0 unspecified atom stereocenters. The van der Waals surface area contributed by atoms with E-state index in [2.05, 4.69) is 39.8 Å². The van der Waals surface area contributed by atoms with Gasteiger partial charge in [0.2, 0.25) is 0 Å². The number of aromatic nitrogens is 3. The molecule has 0 saturated heterocycles. The number of ether oxygens (including phenoxy) is 1. The second kappa shape index (κ2) is 10.9. The van der Waals surface area contributed by atoms with Gasteiger partial charge in [-0.05, 0) is 54.4 Å². The Bertz CT molecular complexity index is 1580. The molecule has 0 saturated carbocycles. The summed E-state index contributed by atoms with van der Waals surface area (Å²) >= 11 is 0. The zero-order chi connectivity index (χ0) is 25.6. The third kappa shape index (κ3) is 5.59. The summed E-state index contributed by atoms with van der Waals surface area (Å²) in [4.78, 5) is 24.8. The van der Waals surface area contributed by atoms with Crippen molar-refractivity contribution >= 4 is 34.0 Å². The molecule has 0 amide bonds. The Labute approximate surface area is 213 Å². The van der Waals surface area contributed by atoms with Crippen LogP contribution >= 0.6 is 0 Å². The lowest BCUT2D eigenvalue weighted by atomic mass is 10.1. The van der Waals surface area contributed by atoms with Gasteiger partial charge in [-0.1, -0.05) is 35.5 Å². The van der Waals surface area contributed by atoms with E-state index in [1.807, 2.05) is 54.7 Å². The van der Waals surface area contributed by atoms with Gasteiger partial charge in [0.05, 0.1) is 11.2 Å². The van der Waals surface area contributed by atoms with Crippen molar-refractivity contribution in [3.8, 4) is 5.75 Å². The third-order valence-corrected chi connectivity index (χ3v) is 6.21. The molecular formula is C29H26N4O4. The van der Waals surface area contributed by atoms with Crippen molar-refractivity contribution in [3.05, 3.63) is 102 Å². The SMILES string of the molecule is Cc1c(CCON=CC(=O)O)c2cc(OCc3ccc4ccccc4n3)ccc2n1Cc1cccnc1. The van der Waals surface area contributed by atoms with Crippen molar-refractivity contribution in [2.45, 2.75) is 26.5 Å². The molecule has 3 heterocycles. The average Bonchev–Trinajstić information content (AvgIpc) is 3.17. The Kier molecular flexibility index (Phi) is 7.07. The fourth-order valence-corrected chi connectivity index (χ4v) is 4.44. The fraction of sp³-hybridized carbons (Fsp3) is 0.172. The fourth-order valence-electron chi connectivity index (χ4n) is 4.44. The van der Waals surface area contributed by atoms with E-state index in [4.69, 9.17) is 19.7 Å². The Morgan fingerprint density at radius 3 is 2.84 bits per heavy atom. The molecule has 0 aliphatic heterocycles. The lowest BCUT2D eigenvalue weighted by Crippen LogP contribution is -2.04. The molecule has 5 aromatic rings. The van der Waals surface area contributed by atoms with E-state index in [1.165, 1.54) is 0 Å². The van der Waals surface area contributed by atoms with E-state index < -0.39 is 5.97 Å². The van der Waals surface area contributed by atoms with Gasteiger partial charge in [0.25, 0.3) is 0 Å². The number of pyridine rings is 2. The van der Waals surface area contributed by atoms with Gasteiger partial charge in [0.1, 0.15) is 19.0 Å². The van der Waals surface area contributed by atoms with Crippen LogP contribution in [0.2, 0.25) is 0 Å². The van der Waals surface area contributed by atoms with Gasteiger partial charge in [0.15, 0.2) is 6.21 Å². The number of oxime groups is 1. The van der Waals surface area contributed by atoms with Gasteiger partial charge in [0, 0.05) is 47.3 Å². The Balaban J connectivity index is 1.41. The van der Waals surface area contributed by atoms with E-state index in [0.29, 0.717) is 19.6 Å². The largest absolute Gasteiger partial charge is 0.487 e. The second-order valence-electron chi connectivity index (χ2n) is 8.63. The van der Waals surface area contributed by atoms with E-state index in [-0.39, 0.29) is 6.61 Å². The van der Waals surface area contributed by atoms with Crippen LogP contribution in [-0.2, 0) is 29.2 Å². The minimum absolute atomic E-state index is 0.253. The molecule has 0 atom stereocenters. The van der Waals surface area contributed by atoms with Crippen LogP contribution in [0.5, 0.6) is 5.75 Å². The van der Waals surface area contributed by atoms with Crippen LogP contribution in [0.15, 0.2) is 84.3 Å². The van der Waals surface area contributed by atoms with Crippen molar-refractivity contribution in [2.75, 3.05) is 6.61 Å². The number of para-hydroxylation sites is 1. The number of nitrogens with zero attached hydrogens (tertiary/aromatic N) is 4. The molecule has 2 aromatic carbocycles. The van der Waals surface area contributed by atoms with Crippen LogP contribution < -0.4 is 4.74 Å². The molecule has 0 aliphatic carbocycles. The molecule has 0 fully saturated rings. The van der Waals surface area contributed by atoms with Crippen molar-refractivity contribution in [3.63, 3.8) is 0 Å². The topological polar surface area (TPSA) is 98.8 Å². The summed E-state index contributed by atoms with van der Waals surface area (Å²) < 4.78 is 8.39. The molecule has 186 valence electrons. The maximum absolute atomic E-state index is 10.6. The highest BCUT2D eigenvalue weighted by Crippen LogP contribution is 2.31. The van der Waals surface area contributed by atoms with Crippen LogP contribution in [0, 0.1) is 6.92 Å². The highest BCUT2D eigenvalue weighted by molar-refractivity contribution is 6.21. The summed E-state index contributed by atoms with van der Waals surface area (Å²) in [6.45, 7) is 3.36. The van der Waals surface area contributed by atoms with E-state index in [1.54, 1.807) is 6.20 Å². The molecule has 0 aliphatic rings. The van der Waals surface area contributed by atoms with Crippen LogP contribution in [0.4, 0.5) is 0 Å². The molecule has 3 aromatic heterocycles. The quantitative estimate of drug-likeness (QED) is 0.164. The number of hydrogen-bond acceptors (Lipinski definition) is 6. The Morgan fingerprint density at radius 1 is 1.11 bits per heavy atom. The normalized spacial score (nSPS) is 11.4. The van der Waals surface area contributed by atoms with Gasteiger partial charge >= 0.3 is 5.97 Å².